The van der Waals surface area contributed by atoms with Crippen LogP contribution in [0.25, 0.3) is 0 Å². The van der Waals surface area contributed by atoms with Gasteiger partial charge in [0.15, 0.2) is 0 Å². The standard InChI is InChI=1S/C30H33N5O4S/c1-17-4-8-20(9-5-17)39-21-10-6-19(7-11-21)28(37)33-16-26(36)35-22(14-30(3)15-25(30)35)29(38)34-18(2)23-12-13-24(40-23)27(31)32/h4-13,18,22,25H,14-16H2,1-3H3,(H3,31,32)(H,33,37)(H,34,38)/t18-,22+,25+,30-/m1/s1. The van der Waals surface area contributed by atoms with Crippen LogP contribution >= 0.6 is 11.3 Å². The minimum atomic E-state index is -0.596. The molecular formula is C30H33N5O4S. The molecule has 2 aliphatic rings. The average molecular weight is 560 g/mol. The number of piperidine rings is 1. The first-order valence-corrected chi connectivity index (χ1v) is 14.0. The molecule has 10 heteroatoms. The molecule has 0 spiro atoms. The lowest BCUT2D eigenvalue weighted by Gasteiger charge is -2.28. The van der Waals surface area contributed by atoms with E-state index in [1.807, 2.05) is 44.2 Å². The van der Waals surface area contributed by atoms with E-state index in [4.69, 9.17) is 15.9 Å². The van der Waals surface area contributed by atoms with E-state index in [1.165, 1.54) is 11.3 Å². The molecule has 40 heavy (non-hydrogen) atoms. The zero-order valence-corrected chi connectivity index (χ0v) is 23.5. The smallest absolute Gasteiger partial charge is 0.251 e. The summed E-state index contributed by atoms with van der Waals surface area (Å²) >= 11 is 1.36. The van der Waals surface area contributed by atoms with Gasteiger partial charge >= 0.3 is 0 Å². The molecule has 2 aromatic carbocycles. The molecule has 0 unspecified atom stereocenters. The zero-order chi connectivity index (χ0) is 28.6. The highest BCUT2D eigenvalue weighted by molar-refractivity contribution is 7.14. The number of nitrogens with one attached hydrogen (secondary N) is 3. The number of amidine groups is 1. The highest BCUT2D eigenvalue weighted by Crippen LogP contribution is 2.59. The van der Waals surface area contributed by atoms with Crippen molar-refractivity contribution in [2.45, 2.75) is 51.7 Å². The fourth-order valence-corrected chi connectivity index (χ4v) is 6.11. The summed E-state index contributed by atoms with van der Waals surface area (Å²) in [5.74, 6) is 0.426. The Morgan fingerprint density at radius 3 is 2.35 bits per heavy atom. The molecule has 0 bridgehead atoms. The van der Waals surface area contributed by atoms with Gasteiger partial charge in [-0.05, 0) is 80.6 Å². The third kappa shape index (κ3) is 5.72. The van der Waals surface area contributed by atoms with Crippen molar-refractivity contribution in [3.05, 3.63) is 81.5 Å². The summed E-state index contributed by atoms with van der Waals surface area (Å²) in [5.41, 5.74) is 7.03. The largest absolute Gasteiger partial charge is 0.457 e. The third-order valence-corrected chi connectivity index (χ3v) is 8.98. The summed E-state index contributed by atoms with van der Waals surface area (Å²) in [5, 5.41) is 13.3. The van der Waals surface area contributed by atoms with Gasteiger partial charge in [-0.3, -0.25) is 19.8 Å². The van der Waals surface area contributed by atoms with Crippen LogP contribution in [0.2, 0.25) is 0 Å². The molecule has 1 saturated heterocycles. The molecule has 1 aliphatic carbocycles. The van der Waals surface area contributed by atoms with Crippen molar-refractivity contribution in [1.82, 2.24) is 15.5 Å². The Kier molecular flexibility index (Phi) is 7.37. The Hall–Kier alpha value is -4.18. The number of nitrogens with zero attached hydrogens (tertiary/aromatic N) is 1. The predicted molar refractivity (Wildman–Crippen MR) is 154 cm³/mol. The second-order valence-electron chi connectivity index (χ2n) is 10.9. The van der Waals surface area contributed by atoms with Gasteiger partial charge in [0.05, 0.1) is 17.5 Å². The van der Waals surface area contributed by atoms with Gasteiger partial charge in [-0.1, -0.05) is 24.6 Å². The van der Waals surface area contributed by atoms with Crippen molar-refractivity contribution in [2.75, 3.05) is 6.54 Å². The zero-order valence-electron chi connectivity index (χ0n) is 22.7. The Morgan fingerprint density at radius 1 is 1.07 bits per heavy atom. The van der Waals surface area contributed by atoms with Crippen LogP contribution in [0.5, 0.6) is 11.5 Å². The van der Waals surface area contributed by atoms with Crippen LogP contribution in [-0.4, -0.2) is 47.1 Å². The summed E-state index contributed by atoms with van der Waals surface area (Å²) in [7, 11) is 0. The molecule has 1 aliphatic heterocycles. The number of carbonyl (C=O) groups excluding carboxylic acids is 3. The van der Waals surface area contributed by atoms with Gasteiger partial charge < -0.3 is 26.0 Å². The maximum Gasteiger partial charge on any atom is 0.251 e. The van der Waals surface area contributed by atoms with E-state index in [2.05, 4.69) is 17.6 Å². The van der Waals surface area contributed by atoms with Gasteiger partial charge in [-0.2, -0.15) is 0 Å². The Balaban J connectivity index is 1.17. The van der Waals surface area contributed by atoms with Gasteiger partial charge in [0.25, 0.3) is 5.91 Å². The number of thiophene rings is 1. The molecule has 4 atom stereocenters. The van der Waals surface area contributed by atoms with Gasteiger partial charge in [-0.25, -0.2) is 0 Å². The Labute approximate surface area is 237 Å². The number of hydrogen-bond acceptors (Lipinski definition) is 6. The molecule has 2 fully saturated rings. The predicted octanol–water partition coefficient (Wildman–Crippen LogP) is 4.12. The molecule has 0 radical (unpaired) electrons. The van der Waals surface area contributed by atoms with Crippen molar-refractivity contribution in [2.24, 2.45) is 11.1 Å². The lowest BCUT2D eigenvalue weighted by molar-refractivity contribution is -0.139. The number of nitrogens with two attached hydrogens (primary N) is 1. The van der Waals surface area contributed by atoms with Crippen molar-refractivity contribution in [3.8, 4) is 11.5 Å². The fourth-order valence-electron chi connectivity index (χ4n) is 5.24. The van der Waals surface area contributed by atoms with E-state index < -0.39 is 6.04 Å². The number of likely N-dealkylation sites (tertiary alicyclic amines) is 1. The summed E-state index contributed by atoms with van der Waals surface area (Å²) in [6.45, 7) is 5.77. The van der Waals surface area contributed by atoms with E-state index in [0.29, 0.717) is 28.4 Å². The van der Waals surface area contributed by atoms with Crippen LogP contribution in [-0.2, 0) is 9.59 Å². The molecule has 1 saturated carbocycles. The SMILES string of the molecule is Cc1ccc(Oc2ccc(C(=O)NCC(=O)N3[C@H]4C[C@@]4(C)C[C@H]3C(=O)N[C@H](C)c3ccc(C(=N)N)s3)cc2)cc1. The monoisotopic (exact) mass is 559 g/mol. The Bertz CT molecular complexity index is 1450. The minimum Gasteiger partial charge on any atom is -0.457 e. The van der Waals surface area contributed by atoms with Crippen LogP contribution in [0.4, 0.5) is 0 Å². The summed E-state index contributed by atoms with van der Waals surface area (Å²) < 4.78 is 5.82. The normalized spacial score (nSPS) is 21.7. The number of carbonyl (C=O) groups is 3. The maximum atomic E-state index is 13.3. The Morgan fingerprint density at radius 2 is 1.73 bits per heavy atom. The van der Waals surface area contributed by atoms with E-state index in [9.17, 15) is 14.4 Å². The summed E-state index contributed by atoms with van der Waals surface area (Å²) in [4.78, 5) is 42.5. The maximum absolute atomic E-state index is 13.3. The summed E-state index contributed by atoms with van der Waals surface area (Å²) in [6.07, 6.45) is 1.43. The highest BCUT2D eigenvalue weighted by Gasteiger charge is 2.64. The van der Waals surface area contributed by atoms with Crippen molar-refractivity contribution in [3.63, 3.8) is 0 Å². The number of ether oxygens (including phenoxy) is 1. The van der Waals surface area contributed by atoms with Crippen LogP contribution in [0.15, 0.2) is 60.7 Å². The molecule has 5 N–H and O–H groups in total. The van der Waals surface area contributed by atoms with E-state index in [1.54, 1.807) is 35.2 Å². The first-order chi connectivity index (χ1) is 19.0. The topological polar surface area (TPSA) is 138 Å². The lowest BCUT2D eigenvalue weighted by atomic mass is 10.0. The number of rotatable bonds is 9. The van der Waals surface area contributed by atoms with Gasteiger partial charge in [0.1, 0.15) is 23.4 Å². The van der Waals surface area contributed by atoms with Crippen LogP contribution < -0.4 is 21.1 Å². The van der Waals surface area contributed by atoms with E-state index in [0.717, 1.165) is 16.9 Å². The molecular weight excluding hydrogens is 526 g/mol. The molecule has 1 aromatic heterocycles. The molecule has 5 rings (SSSR count). The summed E-state index contributed by atoms with van der Waals surface area (Å²) in [6, 6.07) is 17.1. The van der Waals surface area contributed by atoms with Crippen LogP contribution in [0, 0.1) is 17.7 Å². The van der Waals surface area contributed by atoms with Crippen molar-refractivity contribution < 1.29 is 19.1 Å². The third-order valence-electron chi connectivity index (χ3n) is 7.68. The van der Waals surface area contributed by atoms with Crippen molar-refractivity contribution >= 4 is 34.9 Å². The van der Waals surface area contributed by atoms with E-state index in [-0.39, 0.29) is 47.6 Å². The fraction of sp³-hybridized carbons (Fsp3) is 0.333. The average Bonchev–Trinajstić information content (AvgIpc) is 3.26. The van der Waals surface area contributed by atoms with Crippen molar-refractivity contribution in [1.29, 1.82) is 5.41 Å². The molecule has 3 aromatic rings. The number of nitrogen functional groups attached to an aromatic ring is 1. The molecule has 9 nitrogen and oxygen atoms in total. The highest BCUT2D eigenvalue weighted by atomic mass is 32.1. The lowest BCUT2D eigenvalue weighted by Crippen LogP contribution is -2.51. The van der Waals surface area contributed by atoms with Gasteiger partial charge in [-0.15, -0.1) is 11.3 Å². The number of aryl methyl sites for hydroxylation is 1. The second-order valence-corrected chi connectivity index (χ2v) is 12.0. The first kappa shape index (κ1) is 27.4. The molecule has 2 heterocycles. The quantitative estimate of drug-likeness (QED) is 0.231. The van der Waals surface area contributed by atoms with Gasteiger partial charge in [0.2, 0.25) is 11.8 Å². The van der Waals surface area contributed by atoms with E-state index >= 15 is 0 Å². The van der Waals surface area contributed by atoms with Crippen LogP contribution in [0.3, 0.4) is 0 Å². The van der Waals surface area contributed by atoms with Crippen LogP contribution in [0.1, 0.15) is 58.4 Å². The molecule has 3 amide bonds. The number of amides is 3. The van der Waals surface area contributed by atoms with Gasteiger partial charge in [0, 0.05) is 16.5 Å². The number of hydrogen-bond donors (Lipinski definition) is 4. The minimum absolute atomic E-state index is 0.00721. The number of fused-ring (bicyclic) bond motifs is 1. The first-order valence-electron chi connectivity index (χ1n) is 13.2. The molecule has 208 valence electrons. The second kappa shape index (κ2) is 10.8. The number of benzene rings is 2.